The quantitative estimate of drug-likeness (QED) is 0.838. The molecule has 0 radical (unpaired) electrons. The van der Waals surface area contributed by atoms with Crippen LogP contribution in [-0.2, 0) is 17.6 Å². The summed E-state index contributed by atoms with van der Waals surface area (Å²) in [7, 11) is 0. The number of halogens is 1. The molecular weight excluding hydrogens is 341 g/mol. The maximum absolute atomic E-state index is 5.96. The largest absolute Gasteiger partial charge is 0.383 e. The van der Waals surface area contributed by atoms with Gasteiger partial charge in [0.1, 0.15) is 11.6 Å². The summed E-state index contributed by atoms with van der Waals surface area (Å²) in [5.74, 6) is 1.45. The van der Waals surface area contributed by atoms with E-state index < -0.39 is 0 Å². The number of aryl methyl sites for hydroxylation is 1. The average Bonchev–Trinajstić information content (AvgIpc) is 2.37. The Morgan fingerprint density at radius 3 is 2.89 bits per heavy atom. The maximum Gasteiger partial charge on any atom is 0.140 e. The lowest BCUT2D eigenvalue weighted by Gasteiger charge is -2.22. The van der Waals surface area contributed by atoms with E-state index in [1.807, 2.05) is 0 Å². The molecule has 1 fully saturated rings. The molecule has 2 rings (SSSR count). The van der Waals surface area contributed by atoms with Crippen LogP contribution in [-0.4, -0.2) is 22.7 Å². The maximum atomic E-state index is 5.96. The van der Waals surface area contributed by atoms with Crippen molar-refractivity contribution >= 4 is 28.4 Å². The Kier molecular flexibility index (Phi) is 5.17. The van der Waals surface area contributed by atoms with Crippen LogP contribution in [0.15, 0.2) is 0 Å². The topological polar surface area (TPSA) is 61.0 Å². The van der Waals surface area contributed by atoms with Crippen molar-refractivity contribution in [1.29, 1.82) is 0 Å². The molecule has 2 N–H and O–H groups in total. The highest BCUT2D eigenvalue weighted by atomic mass is 127. The molecule has 0 bridgehead atoms. The number of hydrogen-bond donors (Lipinski definition) is 1. The van der Waals surface area contributed by atoms with Crippen LogP contribution in [0.25, 0.3) is 0 Å². The second kappa shape index (κ2) is 6.65. The molecule has 18 heavy (non-hydrogen) atoms. The number of hydrogen-bond acceptors (Lipinski definition) is 4. The summed E-state index contributed by atoms with van der Waals surface area (Å²) in [6, 6.07) is 0. The van der Waals surface area contributed by atoms with Crippen molar-refractivity contribution < 1.29 is 4.74 Å². The Morgan fingerprint density at radius 1 is 1.39 bits per heavy atom. The molecule has 4 nitrogen and oxygen atoms in total. The van der Waals surface area contributed by atoms with Crippen LogP contribution in [0, 0.1) is 3.57 Å². The molecule has 5 heteroatoms. The molecule has 1 unspecified atom stereocenters. The molecule has 0 amide bonds. The van der Waals surface area contributed by atoms with Gasteiger partial charge in [0, 0.05) is 13.0 Å². The van der Waals surface area contributed by atoms with Gasteiger partial charge in [-0.1, -0.05) is 13.3 Å². The molecule has 1 atom stereocenters. The van der Waals surface area contributed by atoms with E-state index in [2.05, 4.69) is 39.5 Å². The first-order valence-electron chi connectivity index (χ1n) is 6.63. The fraction of sp³-hybridized carbons (Fsp3) is 0.692. The SMILES string of the molecule is CCCc1nc(CC2CCCCO2)nc(N)c1I. The second-order valence-corrected chi connectivity index (χ2v) is 5.81. The Balaban J connectivity index is 2.11. The zero-order chi connectivity index (χ0) is 13.0. The predicted octanol–water partition coefficient (Wildman–Crippen LogP) is 2.73. The minimum Gasteiger partial charge on any atom is -0.383 e. The number of nitrogens with zero attached hydrogens (tertiary/aromatic N) is 2. The third-order valence-electron chi connectivity index (χ3n) is 3.16. The van der Waals surface area contributed by atoms with E-state index >= 15 is 0 Å². The van der Waals surface area contributed by atoms with E-state index in [-0.39, 0.29) is 6.10 Å². The van der Waals surface area contributed by atoms with Crippen molar-refractivity contribution in [2.75, 3.05) is 12.3 Å². The van der Waals surface area contributed by atoms with E-state index in [9.17, 15) is 0 Å². The minimum atomic E-state index is 0.271. The van der Waals surface area contributed by atoms with Crippen LogP contribution in [0.2, 0.25) is 0 Å². The summed E-state index contributed by atoms with van der Waals surface area (Å²) in [5.41, 5.74) is 7.04. The van der Waals surface area contributed by atoms with E-state index in [0.29, 0.717) is 5.82 Å². The van der Waals surface area contributed by atoms with Gasteiger partial charge >= 0.3 is 0 Å². The Morgan fingerprint density at radius 2 is 2.22 bits per heavy atom. The fourth-order valence-corrected chi connectivity index (χ4v) is 2.74. The molecule has 2 heterocycles. The van der Waals surface area contributed by atoms with Crippen molar-refractivity contribution in [2.24, 2.45) is 0 Å². The highest BCUT2D eigenvalue weighted by Crippen LogP contribution is 2.20. The van der Waals surface area contributed by atoms with Crippen molar-refractivity contribution in [3.05, 3.63) is 15.1 Å². The van der Waals surface area contributed by atoms with Gasteiger partial charge in [0.2, 0.25) is 0 Å². The first kappa shape index (κ1) is 14.0. The molecule has 1 aliphatic rings. The summed E-state index contributed by atoms with van der Waals surface area (Å²) in [5, 5.41) is 0. The summed E-state index contributed by atoms with van der Waals surface area (Å²) in [4.78, 5) is 9.03. The van der Waals surface area contributed by atoms with Gasteiger partial charge in [0.15, 0.2) is 0 Å². The van der Waals surface area contributed by atoms with Gasteiger partial charge in [-0.2, -0.15) is 0 Å². The molecule has 0 aliphatic carbocycles. The molecule has 0 spiro atoms. The molecule has 0 aromatic carbocycles. The van der Waals surface area contributed by atoms with Gasteiger partial charge in [-0.25, -0.2) is 9.97 Å². The monoisotopic (exact) mass is 361 g/mol. The van der Waals surface area contributed by atoms with Gasteiger partial charge in [0.05, 0.1) is 15.4 Å². The van der Waals surface area contributed by atoms with Crippen molar-refractivity contribution in [1.82, 2.24) is 9.97 Å². The number of nitrogens with two attached hydrogens (primary N) is 1. The Bertz CT molecular complexity index is 405. The lowest BCUT2D eigenvalue weighted by Crippen LogP contribution is -2.23. The third kappa shape index (κ3) is 3.54. The summed E-state index contributed by atoms with van der Waals surface area (Å²) in [6.45, 7) is 3.02. The van der Waals surface area contributed by atoms with Crippen LogP contribution >= 0.6 is 22.6 Å². The zero-order valence-electron chi connectivity index (χ0n) is 10.8. The van der Waals surface area contributed by atoms with Gasteiger partial charge in [-0.3, -0.25) is 0 Å². The lowest BCUT2D eigenvalue weighted by molar-refractivity contribution is 0.0156. The average molecular weight is 361 g/mol. The highest BCUT2D eigenvalue weighted by Gasteiger charge is 2.17. The van der Waals surface area contributed by atoms with Gasteiger partial charge in [-0.15, -0.1) is 0 Å². The number of nitrogen functional groups attached to an aromatic ring is 1. The summed E-state index contributed by atoms with van der Waals surface area (Å²) >= 11 is 2.23. The van der Waals surface area contributed by atoms with Gasteiger partial charge in [0.25, 0.3) is 0 Å². The Labute approximate surface area is 122 Å². The van der Waals surface area contributed by atoms with Crippen LogP contribution in [0.1, 0.15) is 44.1 Å². The first-order chi connectivity index (χ1) is 8.70. The highest BCUT2D eigenvalue weighted by molar-refractivity contribution is 14.1. The molecule has 1 saturated heterocycles. The second-order valence-electron chi connectivity index (χ2n) is 4.73. The molecule has 1 aromatic heterocycles. The number of rotatable bonds is 4. The number of ether oxygens (including phenoxy) is 1. The van der Waals surface area contributed by atoms with E-state index in [4.69, 9.17) is 10.5 Å². The smallest absolute Gasteiger partial charge is 0.140 e. The minimum absolute atomic E-state index is 0.271. The van der Waals surface area contributed by atoms with Gasteiger partial charge in [-0.05, 0) is 48.3 Å². The normalized spacial score (nSPS) is 20.0. The first-order valence-corrected chi connectivity index (χ1v) is 7.71. The lowest BCUT2D eigenvalue weighted by atomic mass is 10.1. The van der Waals surface area contributed by atoms with E-state index in [1.54, 1.807) is 0 Å². The van der Waals surface area contributed by atoms with Crippen molar-refractivity contribution in [3.8, 4) is 0 Å². The van der Waals surface area contributed by atoms with Gasteiger partial charge < -0.3 is 10.5 Å². The molecule has 100 valence electrons. The molecule has 1 aromatic rings. The van der Waals surface area contributed by atoms with Crippen LogP contribution < -0.4 is 5.73 Å². The predicted molar refractivity (Wildman–Crippen MR) is 80.5 cm³/mol. The Hall–Kier alpha value is -0.430. The zero-order valence-corrected chi connectivity index (χ0v) is 12.9. The standard InChI is InChI=1S/C13H20IN3O/c1-2-5-10-12(14)13(15)17-11(16-10)8-9-6-3-4-7-18-9/h9H,2-8H2,1H3,(H2,15,16,17). The summed E-state index contributed by atoms with van der Waals surface area (Å²) in [6.07, 6.45) is 6.62. The number of aromatic nitrogens is 2. The summed E-state index contributed by atoms with van der Waals surface area (Å²) < 4.78 is 6.73. The molecule has 0 saturated carbocycles. The number of anilines is 1. The van der Waals surface area contributed by atoms with Crippen LogP contribution in [0.3, 0.4) is 0 Å². The van der Waals surface area contributed by atoms with E-state index in [0.717, 1.165) is 47.4 Å². The third-order valence-corrected chi connectivity index (χ3v) is 4.34. The van der Waals surface area contributed by atoms with E-state index in [1.165, 1.54) is 12.8 Å². The molecular formula is C13H20IN3O. The fourth-order valence-electron chi connectivity index (χ4n) is 2.23. The van der Waals surface area contributed by atoms with Crippen molar-refractivity contribution in [2.45, 2.75) is 51.6 Å². The molecule has 1 aliphatic heterocycles. The van der Waals surface area contributed by atoms with Crippen LogP contribution in [0.5, 0.6) is 0 Å². The van der Waals surface area contributed by atoms with Crippen LogP contribution in [0.4, 0.5) is 5.82 Å². The van der Waals surface area contributed by atoms with Crippen molar-refractivity contribution in [3.63, 3.8) is 0 Å².